The van der Waals surface area contributed by atoms with Gasteiger partial charge in [-0.3, -0.25) is 0 Å². The standard InChI is InChI=1S/C13H14Br2FN3/c1-8(2)7-19-11(6-14)17-18-13(19)12-9(15)4-3-5-10(12)16/h3-5,8H,6-7H2,1-2H3. The maximum Gasteiger partial charge on any atom is 0.168 e. The molecule has 6 heteroatoms. The van der Waals surface area contributed by atoms with E-state index >= 15 is 0 Å². The van der Waals surface area contributed by atoms with Gasteiger partial charge in [-0.25, -0.2) is 4.39 Å². The molecule has 1 heterocycles. The molecule has 0 spiro atoms. The Labute approximate surface area is 128 Å². The van der Waals surface area contributed by atoms with Crippen molar-refractivity contribution in [3.63, 3.8) is 0 Å². The summed E-state index contributed by atoms with van der Waals surface area (Å²) < 4.78 is 16.7. The number of rotatable bonds is 4. The summed E-state index contributed by atoms with van der Waals surface area (Å²) in [7, 11) is 0. The van der Waals surface area contributed by atoms with E-state index in [0.717, 1.165) is 12.4 Å². The molecule has 0 N–H and O–H groups in total. The first-order valence-corrected chi connectivity index (χ1v) is 7.88. The van der Waals surface area contributed by atoms with E-state index in [1.807, 2.05) is 4.57 Å². The van der Waals surface area contributed by atoms with Crippen LogP contribution in [0.4, 0.5) is 4.39 Å². The van der Waals surface area contributed by atoms with Crippen LogP contribution in [-0.4, -0.2) is 14.8 Å². The molecule has 0 saturated carbocycles. The molecule has 3 nitrogen and oxygen atoms in total. The highest BCUT2D eigenvalue weighted by Gasteiger charge is 2.19. The largest absolute Gasteiger partial charge is 0.310 e. The Morgan fingerprint density at radius 3 is 2.63 bits per heavy atom. The summed E-state index contributed by atoms with van der Waals surface area (Å²) in [5, 5.41) is 8.87. The summed E-state index contributed by atoms with van der Waals surface area (Å²) >= 11 is 6.77. The Morgan fingerprint density at radius 2 is 2.05 bits per heavy atom. The molecule has 0 saturated heterocycles. The fraction of sp³-hybridized carbons (Fsp3) is 0.385. The van der Waals surface area contributed by atoms with Gasteiger partial charge in [-0.15, -0.1) is 10.2 Å². The molecule has 2 rings (SSSR count). The van der Waals surface area contributed by atoms with Crippen LogP contribution in [0.3, 0.4) is 0 Å². The zero-order valence-electron chi connectivity index (χ0n) is 10.7. The number of nitrogens with zero attached hydrogens (tertiary/aromatic N) is 3. The molecule has 0 aliphatic carbocycles. The van der Waals surface area contributed by atoms with E-state index in [1.165, 1.54) is 6.07 Å². The smallest absolute Gasteiger partial charge is 0.168 e. The highest BCUT2D eigenvalue weighted by atomic mass is 79.9. The number of aromatic nitrogens is 3. The van der Waals surface area contributed by atoms with E-state index in [-0.39, 0.29) is 5.82 Å². The SMILES string of the molecule is CC(C)Cn1c(CBr)nnc1-c1c(F)cccc1Br. The second-order valence-corrected chi connectivity index (χ2v) is 6.09. The Hall–Kier alpha value is -0.750. The molecule has 0 unspecified atom stereocenters. The van der Waals surface area contributed by atoms with Crippen molar-refractivity contribution in [3.05, 3.63) is 34.3 Å². The van der Waals surface area contributed by atoms with E-state index in [4.69, 9.17) is 0 Å². The van der Waals surface area contributed by atoms with Gasteiger partial charge in [-0.05, 0) is 34.0 Å². The Morgan fingerprint density at radius 1 is 1.32 bits per heavy atom. The van der Waals surface area contributed by atoms with E-state index in [9.17, 15) is 4.39 Å². The second-order valence-electron chi connectivity index (χ2n) is 4.67. The molecule has 0 bridgehead atoms. The number of benzene rings is 1. The third kappa shape index (κ3) is 3.05. The summed E-state index contributed by atoms with van der Waals surface area (Å²) in [6, 6.07) is 4.90. The van der Waals surface area contributed by atoms with E-state index in [2.05, 4.69) is 55.9 Å². The Balaban J connectivity index is 2.59. The first-order valence-electron chi connectivity index (χ1n) is 5.97. The van der Waals surface area contributed by atoms with Gasteiger partial charge in [0.1, 0.15) is 11.6 Å². The van der Waals surface area contributed by atoms with Gasteiger partial charge in [0, 0.05) is 11.0 Å². The van der Waals surface area contributed by atoms with E-state index in [1.54, 1.807) is 12.1 Å². The van der Waals surface area contributed by atoms with Crippen molar-refractivity contribution < 1.29 is 4.39 Å². The van der Waals surface area contributed by atoms with Crippen LogP contribution in [0.1, 0.15) is 19.7 Å². The van der Waals surface area contributed by atoms with Gasteiger partial charge in [0.15, 0.2) is 5.82 Å². The van der Waals surface area contributed by atoms with Crippen molar-refractivity contribution in [1.29, 1.82) is 0 Å². The minimum Gasteiger partial charge on any atom is -0.310 e. The maximum absolute atomic E-state index is 14.0. The molecule has 2 aromatic rings. The van der Waals surface area contributed by atoms with Gasteiger partial charge in [-0.1, -0.05) is 35.8 Å². The molecule has 0 aliphatic rings. The molecule has 0 atom stereocenters. The summed E-state index contributed by atoms with van der Waals surface area (Å²) in [5.74, 6) is 1.50. The van der Waals surface area contributed by atoms with Crippen molar-refractivity contribution >= 4 is 31.9 Å². The lowest BCUT2D eigenvalue weighted by Crippen LogP contribution is -2.10. The fourth-order valence-electron chi connectivity index (χ4n) is 1.89. The van der Waals surface area contributed by atoms with Crippen LogP contribution in [0.15, 0.2) is 22.7 Å². The zero-order valence-corrected chi connectivity index (χ0v) is 13.9. The van der Waals surface area contributed by atoms with Crippen molar-refractivity contribution in [2.45, 2.75) is 25.7 Å². The van der Waals surface area contributed by atoms with Crippen LogP contribution in [0.5, 0.6) is 0 Å². The molecule has 19 heavy (non-hydrogen) atoms. The Kier molecular flexibility index (Phi) is 4.73. The normalized spacial score (nSPS) is 11.3. The minimum atomic E-state index is -0.298. The van der Waals surface area contributed by atoms with Crippen molar-refractivity contribution in [3.8, 4) is 11.4 Å². The third-order valence-electron chi connectivity index (χ3n) is 2.68. The number of hydrogen-bond donors (Lipinski definition) is 0. The number of alkyl halides is 1. The van der Waals surface area contributed by atoms with Crippen molar-refractivity contribution in [2.24, 2.45) is 5.92 Å². The van der Waals surface area contributed by atoms with Gasteiger partial charge in [0.25, 0.3) is 0 Å². The molecule has 0 amide bonds. The van der Waals surface area contributed by atoms with Crippen LogP contribution >= 0.6 is 31.9 Å². The number of hydrogen-bond acceptors (Lipinski definition) is 2. The average molecular weight is 391 g/mol. The van der Waals surface area contributed by atoms with Crippen LogP contribution in [0.2, 0.25) is 0 Å². The van der Waals surface area contributed by atoms with E-state index in [0.29, 0.717) is 27.1 Å². The lowest BCUT2D eigenvalue weighted by molar-refractivity contribution is 0.514. The molecule has 0 fully saturated rings. The topological polar surface area (TPSA) is 30.7 Å². The Bertz CT molecular complexity index is 561. The second kappa shape index (κ2) is 6.13. The monoisotopic (exact) mass is 389 g/mol. The average Bonchev–Trinajstić information content (AvgIpc) is 2.71. The van der Waals surface area contributed by atoms with Crippen molar-refractivity contribution in [1.82, 2.24) is 14.8 Å². The summed E-state index contributed by atoms with van der Waals surface area (Å²) in [4.78, 5) is 0. The fourth-order valence-corrected chi connectivity index (χ4v) is 2.82. The molecule has 0 aliphatic heterocycles. The van der Waals surface area contributed by atoms with E-state index < -0.39 is 0 Å². The zero-order chi connectivity index (χ0) is 14.0. The summed E-state index contributed by atoms with van der Waals surface area (Å²) in [6.07, 6.45) is 0. The van der Waals surface area contributed by atoms with Gasteiger partial charge in [0.05, 0.1) is 10.9 Å². The quantitative estimate of drug-likeness (QED) is 0.724. The third-order valence-corrected chi connectivity index (χ3v) is 3.84. The molecular weight excluding hydrogens is 377 g/mol. The molecule has 1 aromatic carbocycles. The molecular formula is C13H14Br2FN3. The highest BCUT2D eigenvalue weighted by Crippen LogP contribution is 2.30. The maximum atomic E-state index is 14.0. The highest BCUT2D eigenvalue weighted by molar-refractivity contribution is 9.10. The van der Waals surface area contributed by atoms with Crippen LogP contribution in [0.25, 0.3) is 11.4 Å². The number of halogens is 3. The minimum absolute atomic E-state index is 0.298. The van der Waals surface area contributed by atoms with Crippen LogP contribution in [0, 0.1) is 11.7 Å². The lowest BCUT2D eigenvalue weighted by Gasteiger charge is -2.13. The van der Waals surface area contributed by atoms with Crippen LogP contribution in [-0.2, 0) is 11.9 Å². The molecule has 102 valence electrons. The van der Waals surface area contributed by atoms with Gasteiger partial charge < -0.3 is 4.57 Å². The predicted molar refractivity (Wildman–Crippen MR) is 80.6 cm³/mol. The van der Waals surface area contributed by atoms with Gasteiger partial charge in [0.2, 0.25) is 0 Å². The van der Waals surface area contributed by atoms with Crippen molar-refractivity contribution in [2.75, 3.05) is 0 Å². The first kappa shape index (κ1) is 14.7. The molecule has 1 aromatic heterocycles. The predicted octanol–water partition coefficient (Wildman–Crippen LogP) is 4.40. The lowest BCUT2D eigenvalue weighted by atomic mass is 10.1. The summed E-state index contributed by atoms with van der Waals surface area (Å²) in [5.41, 5.74) is 0.461. The summed E-state index contributed by atoms with van der Waals surface area (Å²) in [6.45, 7) is 4.97. The van der Waals surface area contributed by atoms with Crippen LogP contribution < -0.4 is 0 Å². The molecule has 0 radical (unpaired) electrons. The first-order chi connectivity index (χ1) is 9.04. The van der Waals surface area contributed by atoms with Gasteiger partial charge >= 0.3 is 0 Å². The van der Waals surface area contributed by atoms with Gasteiger partial charge in [-0.2, -0.15) is 0 Å².